The van der Waals surface area contributed by atoms with Crippen LogP contribution in [0.15, 0.2) is 54.6 Å². The molecule has 0 aliphatic heterocycles. The maximum atomic E-state index is 12.2. The van der Waals surface area contributed by atoms with E-state index in [-0.39, 0.29) is 11.8 Å². The third kappa shape index (κ3) is 6.51. The van der Waals surface area contributed by atoms with Crippen LogP contribution in [0.4, 0.5) is 5.69 Å². The fourth-order valence-corrected chi connectivity index (χ4v) is 2.27. The van der Waals surface area contributed by atoms with Gasteiger partial charge in [-0.2, -0.15) is 0 Å². The normalized spacial score (nSPS) is 11.7. The zero-order chi connectivity index (χ0) is 19.6. The van der Waals surface area contributed by atoms with Crippen LogP contribution < -0.4 is 20.1 Å². The van der Waals surface area contributed by atoms with E-state index >= 15 is 0 Å². The predicted molar refractivity (Wildman–Crippen MR) is 106 cm³/mol. The standard InChI is InChI=1S/C21H24N2O4/c1-4-27-19-12-8-17(9-13-19)23-21(25)15(2)22-20(24)14-7-16-5-10-18(26-3)11-6-16/h5-15H,4H2,1-3H3,(H,22,24)(H,23,25)/b14-7+. The van der Waals surface area contributed by atoms with E-state index in [1.54, 1.807) is 44.4 Å². The molecular weight excluding hydrogens is 344 g/mol. The van der Waals surface area contributed by atoms with Gasteiger partial charge in [0.25, 0.3) is 0 Å². The topological polar surface area (TPSA) is 76.7 Å². The van der Waals surface area contributed by atoms with Crippen LogP contribution in [0.3, 0.4) is 0 Å². The summed E-state index contributed by atoms with van der Waals surface area (Å²) in [5, 5.41) is 5.39. The summed E-state index contributed by atoms with van der Waals surface area (Å²) in [4.78, 5) is 24.2. The molecule has 0 saturated heterocycles. The Hall–Kier alpha value is -3.28. The van der Waals surface area contributed by atoms with E-state index in [0.717, 1.165) is 17.1 Å². The Kier molecular flexibility index (Phi) is 7.43. The minimum absolute atomic E-state index is 0.301. The van der Waals surface area contributed by atoms with Gasteiger partial charge in [0.1, 0.15) is 17.5 Å². The molecule has 0 spiro atoms. The average molecular weight is 368 g/mol. The zero-order valence-electron chi connectivity index (χ0n) is 15.7. The molecule has 0 aliphatic carbocycles. The lowest BCUT2D eigenvalue weighted by atomic mass is 10.2. The maximum Gasteiger partial charge on any atom is 0.246 e. The van der Waals surface area contributed by atoms with Gasteiger partial charge < -0.3 is 20.1 Å². The Morgan fingerprint density at radius 2 is 1.67 bits per heavy atom. The SMILES string of the molecule is CCOc1ccc(NC(=O)C(C)NC(=O)/C=C/c2ccc(OC)cc2)cc1. The molecule has 2 aromatic rings. The molecule has 0 aliphatic rings. The van der Waals surface area contributed by atoms with Crippen LogP contribution in [0.5, 0.6) is 11.5 Å². The van der Waals surface area contributed by atoms with Gasteiger partial charge in [-0.15, -0.1) is 0 Å². The van der Waals surface area contributed by atoms with Gasteiger partial charge in [0, 0.05) is 11.8 Å². The van der Waals surface area contributed by atoms with Crippen molar-refractivity contribution < 1.29 is 19.1 Å². The summed E-state index contributed by atoms with van der Waals surface area (Å²) in [6, 6.07) is 13.7. The van der Waals surface area contributed by atoms with E-state index in [4.69, 9.17) is 9.47 Å². The second kappa shape index (κ2) is 10.0. The van der Waals surface area contributed by atoms with Gasteiger partial charge in [0.15, 0.2) is 0 Å². The highest BCUT2D eigenvalue weighted by Gasteiger charge is 2.14. The molecule has 142 valence electrons. The van der Waals surface area contributed by atoms with Crippen LogP contribution in [0.25, 0.3) is 6.08 Å². The van der Waals surface area contributed by atoms with Gasteiger partial charge in [-0.25, -0.2) is 0 Å². The number of benzene rings is 2. The minimum atomic E-state index is -0.676. The van der Waals surface area contributed by atoms with Crippen molar-refractivity contribution in [3.05, 3.63) is 60.2 Å². The smallest absolute Gasteiger partial charge is 0.246 e. The molecule has 6 heteroatoms. The molecule has 2 N–H and O–H groups in total. The molecule has 1 atom stereocenters. The third-order valence-corrected chi connectivity index (χ3v) is 3.73. The van der Waals surface area contributed by atoms with Gasteiger partial charge >= 0.3 is 0 Å². The summed E-state index contributed by atoms with van der Waals surface area (Å²) >= 11 is 0. The highest BCUT2D eigenvalue weighted by Crippen LogP contribution is 2.16. The molecule has 2 rings (SSSR count). The van der Waals surface area contributed by atoms with Crippen LogP contribution in [-0.2, 0) is 9.59 Å². The highest BCUT2D eigenvalue weighted by molar-refractivity contribution is 5.99. The number of hydrogen-bond acceptors (Lipinski definition) is 4. The molecular formula is C21H24N2O4. The average Bonchev–Trinajstić information content (AvgIpc) is 2.68. The maximum absolute atomic E-state index is 12.2. The first-order valence-corrected chi connectivity index (χ1v) is 8.68. The third-order valence-electron chi connectivity index (χ3n) is 3.73. The Balaban J connectivity index is 1.85. The Morgan fingerprint density at radius 1 is 1.04 bits per heavy atom. The van der Waals surface area contributed by atoms with Gasteiger partial charge in [-0.1, -0.05) is 12.1 Å². The van der Waals surface area contributed by atoms with E-state index in [1.165, 1.54) is 6.08 Å². The summed E-state index contributed by atoms with van der Waals surface area (Å²) < 4.78 is 10.4. The monoisotopic (exact) mass is 368 g/mol. The second-order valence-electron chi connectivity index (χ2n) is 5.78. The lowest BCUT2D eigenvalue weighted by molar-refractivity contribution is -0.123. The molecule has 0 heterocycles. The highest BCUT2D eigenvalue weighted by atomic mass is 16.5. The first kappa shape index (κ1) is 20.0. The molecule has 27 heavy (non-hydrogen) atoms. The molecule has 0 saturated carbocycles. The van der Waals surface area contributed by atoms with Crippen molar-refractivity contribution in [3.63, 3.8) is 0 Å². The van der Waals surface area contributed by atoms with E-state index in [1.807, 2.05) is 31.2 Å². The van der Waals surface area contributed by atoms with Crippen molar-refractivity contribution in [2.45, 2.75) is 19.9 Å². The summed E-state index contributed by atoms with van der Waals surface area (Å²) in [5.74, 6) is 0.835. The van der Waals surface area contributed by atoms with E-state index in [0.29, 0.717) is 12.3 Å². The number of ether oxygens (including phenoxy) is 2. The first-order chi connectivity index (χ1) is 13.0. The Morgan fingerprint density at radius 3 is 2.26 bits per heavy atom. The number of anilines is 1. The summed E-state index contributed by atoms with van der Waals surface area (Å²) in [6.07, 6.45) is 3.06. The number of nitrogens with one attached hydrogen (secondary N) is 2. The van der Waals surface area contributed by atoms with Crippen LogP contribution >= 0.6 is 0 Å². The van der Waals surface area contributed by atoms with Gasteiger partial charge in [0.05, 0.1) is 13.7 Å². The zero-order valence-corrected chi connectivity index (χ0v) is 15.7. The fraction of sp³-hybridized carbons (Fsp3) is 0.238. The van der Waals surface area contributed by atoms with Crippen molar-refractivity contribution in [2.24, 2.45) is 0 Å². The van der Waals surface area contributed by atoms with Crippen LogP contribution in [-0.4, -0.2) is 31.6 Å². The van der Waals surface area contributed by atoms with Crippen LogP contribution in [0.1, 0.15) is 19.4 Å². The van der Waals surface area contributed by atoms with Crippen LogP contribution in [0, 0.1) is 0 Å². The van der Waals surface area contributed by atoms with Crippen molar-refractivity contribution >= 4 is 23.6 Å². The second-order valence-corrected chi connectivity index (χ2v) is 5.78. The number of carbonyl (C=O) groups excluding carboxylic acids is 2. The minimum Gasteiger partial charge on any atom is -0.497 e. The summed E-state index contributed by atoms with van der Waals surface area (Å²) in [6.45, 7) is 4.12. The lowest BCUT2D eigenvalue weighted by Gasteiger charge is -2.13. The number of amides is 2. The molecule has 1 unspecified atom stereocenters. The molecule has 0 bridgehead atoms. The van der Waals surface area contributed by atoms with Crippen LogP contribution in [0.2, 0.25) is 0 Å². The fourth-order valence-electron chi connectivity index (χ4n) is 2.27. The van der Waals surface area contributed by atoms with E-state index < -0.39 is 6.04 Å². The number of rotatable bonds is 8. The van der Waals surface area contributed by atoms with Crippen molar-refractivity contribution in [1.82, 2.24) is 5.32 Å². The number of carbonyl (C=O) groups is 2. The largest absolute Gasteiger partial charge is 0.497 e. The molecule has 2 aromatic carbocycles. The quantitative estimate of drug-likeness (QED) is 0.701. The number of hydrogen-bond donors (Lipinski definition) is 2. The van der Waals surface area contributed by atoms with Crippen molar-refractivity contribution in [2.75, 3.05) is 19.0 Å². The molecule has 2 amide bonds. The molecule has 0 aromatic heterocycles. The van der Waals surface area contributed by atoms with Crippen molar-refractivity contribution in [1.29, 1.82) is 0 Å². The molecule has 0 radical (unpaired) electrons. The summed E-state index contributed by atoms with van der Waals surface area (Å²) in [7, 11) is 1.60. The molecule has 0 fully saturated rings. The van der Waals surface area contributed by atoms with Gasteiger partial charge in [-0.3, -0.25) is 9.59 Å². The van der Waals surface area contributed by atoms with E-state index in [9.17, 15) is 9.59 Å². The van der Waals surface area contributed by atoms with Gasteiger partial charge in [-0.05, 0) is 61.9 Å². The summed E-state index contributed by atoms with van der Waals surface area (Å²) in [5.41, 5.74) is 1.50. The first-order valence-electron chi connectivity index (χ1n) is 8.68. The Labute approximate surface area is 159 Å². The van der Waals surface area contributed by atoms with Crippen molar-refractivity contribution in [3.8, 4) is 11.5 Å². The Bertz CT molecular complexity index is 783. The predicted octanol–water partition coefficient (Wildman–Crippen LogP) is 3.25. The molecule has 6 nitrogen and oxygen atoms in total. The van der Waals surface area contributed by atoms with E-state index in [2.05, 4.69) is 10.6 Å². The number of methoxy groups -OCH3 is 1. The lowest BCUT2D eigenvalue weighted by Crippen LogP contribution is -2.40. The van der Waals surface area contributed by atoms with Gasteiger partial charge in [0.2, 0.25) is 11.8 Å².